The molecule has 0 saturated heterocycles. The van der Waals surface area contributed by atoms with Crippen LogP contribution in [0.5, 0.6) is 0 Å². The zero-order valence-corrected chi connectivity index (χ0v) is 9.66. The van der Waals surface area contributed by atoms with E-state index in [0.29, 0.717) is 0 Å². The molecule has 0 aliphatic carbocycles. The summed E-state index contributed by atoms with van der Waals surface area (Å²) < 4.78 is 0. The van der Waals surface area contributed by atoms with Gasteiger partial charge in [0, 0.05) is 19.9 Å². The van der Waals surface area contributed by atoms with Gasteiger partial charge in [-0.15, -0.1) is 0 Å². The summed E-state index contributed by atoms with van der Waals surface area (Å²) in [5.74, 6) is -2.65. The minimum atomic E-state index is -0.981. The van der Waals surface area contributed by atoms with Crippen molar-refractivity contribution < 1.29 is 39.9 Å². The summed E-state index contributed by atoms with van der Waals surface area (Å²) in [6.45, 7) is 4.88. The Bertz CT molecular complexity index is 189. The molecule has 17 heavy (non-hydrogen) atoms. The van der Waals surface area contributed by atoms with Gasteiger partial charge in [-0.2, -0.15) is 0 Å². The van der Waals surface area contributed by atoms with Gasteiger partial charge in [0.2, 0.25) is 0 Å². The Kier molecular flexibility index (Phi) is 33.9. The molecule has 5 N–H and O–H groups in total. The van der Waals surface area contributed by atoms with Crippen molar-refractivity contribution in [2.45, 2.75) is 13.8 Å². The minimum absolute atomic E-state index is 0.125. The Morgan fingerprint density at radius 1 is 0.941 bits per heavy atom. The number of rotatable bonds is 2. The molecule has 0 atom stereocenters. The quantitative estimate of drug-likeness (QED) is 0.410. The average molecular weight is 254 g/mol. The summed E-state index contributed by atoms with van der Waals surface area (Å²) in [5, 5.41) is 37.7. The van der Waals surface area contributed by atoms with Gasteiger partial charge in [0.15, 0.2) is 0 Å². The molecule has 0 spiro atoms. The Hall–Kier alpha value is -1.93. The molecule has 0 aromatic rings. The van der Waals surface area contributed by atoms with E-state index in [-0.39, 0.29) is 13.2 Å². The van der Waals surface area contributed by atoms with Crippen LogP contribution in [0.2, 0.25) is 0 Å². The van der Waals surface area contributed by atoms with Gasteiger partial charge < -0.3 is 25.5 Å². The summed E-state index contributed by atoms with van der Waals surface area (Å²) in [4.78, 5) is 27.2. The Morgan fingerprint density at radius 3 is 1.06 bits per heavy atom. The number of aliphatic carboxylic acids is 3. The molecule has 0 aromatic heterocycles. The zero-order valence-electron chi connectivity index (χ0n) is 9.66. The normalized spacial score (nSPS) is 6.59. The summed E-state index contributed by atoms with van der Waals surface area (Å²) >= 11 is 0. The van der Waals surface area contributed by atoms with Gasteiger partial charge in [0.05, 0.1) is 13.2 Å². The van der Waals surface area contributed by atoms with Crippen LogP contribution in [0.4, 0.5) is 0 Å². The first kappa shape index (κ1) is 24.3. The summed E-state index contributed by atoms with van der Waals surface area (Å²) in [6.07, 6.45) is 0.833. The van der Waals surface area contributed by atoms with Crippen LogP contribution in [-0.4, -0.2) is 56.7 Å². The number of carbonyl (C=O) groups is 3. The molecular formula is C9H18O8. The molecular weight excluding hydrogens is 236 g/mol. The van der Waals surface area contributed by atoms with E-state index in [2.05, 4.69) is 6.58 Å². The molecule has 0 aliphatic rings. The molecule has 0 radical (unpaired) electrons. The first-order valence-corrected chi connectivity index (χ1v) is 4.11. The largest absolute Gasteiger partial charge is 0.481 e. The van der Waals surface area contributed by atoms with Crippen LogP contribution in [-0.2, 0) is 14.4 Å². The third kappa shape index (κ3) is 1790. The number of carboxylic acid groups (broad SMARTS) is 3. The number of hydrogen-bond donors (Lipinski definition) is 5. The van der Waals surface area contributed by atoms with Crippen molar-refractivity contribution >= 4 is 17.9 Å². The van der Waals surface area contributed by atoms with Crippen LogP contribution >= 0.6 is 0 Å². The van der Waals surface area contributed by atoms with Crippen molar-refractivity contribution in [2.75, 3.05) is 13.2 Å². The molecule has 8 heteroatoms. The Balaban J connectivity index is -0.0000000667. The Labute approximate surface area is 98.4 Å². The topological polar surface area (TPSA) is 152 Å². The highest BCUT2D eigenvalue weighted by atomic mass is 16.4. The van der Waals surface area contributed by atoms with E-state index in [0.717, 1.165) is 19.9 Å². The van der Waals surface area contributed by atoms with Crippen molar-refractivity contribution in [3.63, 3.8) is 0 Å². The average Bonchev–Trinajstić information content (AvgIpc) is 2.16. The van der Waals surface area contributed by atoms with Crippen LogP contribution in [0.3, 0.4) is 0 Å². The number of carboxylic acids is 3. The van der Waals surface area contributed by atoms with Crippen LogP contribution in [0.25, 0.3) is 0 Å². The van der Waals surface area contributed by atoms with Gasteiger partial charge in [0.1, 0.15) is 0 Å². The van der Waals surface area contributed by atoms with E-state index in [1.807, 2.05) is 0 Å². The fraction of sp³-hybridized carbons (Fsp3) is 0.444. The molecule has 0 bridgehead atoms. The monoisotopic (exact) mass is 254 g/mol. The zero-order chi connectivity index (χ0) is 14.9. The van der Waals surface area contributed by atoms with Crippen LogP contribution < -0.4 is 0 Å². The third-order valence-electron chi connectivity index (χ3n) is 0.275. The van der Waals surface area contributed by atoms with E-state index < -0.39 is 17.9 Å². The highest BCUT2D eigenvalue weighted by Gasteiger charge is 1.73. The highest BCUT2D eigenvalue weighted by Crippen LogP contribution is 1.54. The highest BCUT2D eigenvalue weighted by molar-refractivity contribution is 5.78. The predicted octanol–water partition coefficient (Wildman–Crippen LogP) is -0.590. The number of aliphatic hydroxyl groups excluding tert-OH is 2. The summed E-state index contributed by atoms with van der Waals surface area (Å²) in [6, 6.07) is 0. The second-order valence-electron chi connectivity index (χ2n) is 2.03. The maximum Gasteiger partial charge on any atom is 0.327 e. The number of hydrogen-bond acceptors (Lipinski definition) is 5. The third-order valence-corrected chi connectivity index (χ3v) is 0.275. The van der Waals surface area contributed by atoms with Gasteiger partial charge in [-0.05, 0) is 0 Å². The molecule has 0 amide bonds. The smallest absolute Gasteiger partial charge is 0.327 e. The molecule has 0 aliphatic heterocycles. The fourth-order valence-electron chi connectivity index (χ4n) is 0. The first-order chi connectivity index (χ1) is 7.65. The lowest BCUT2D eigenvalue weighted by molar-refractivity contribution is -0.135. The SMILES string of the molecule is C=CC(=O)O.CC(=O)O.CC(=O)O.OCCO. The standard InChI is InChI=1S/C3H4O2.2C2H4O2.C2H6O2/c1-2-3(4)5;2*1-2(3)4;3-1-2-4/h2H,1H2,(H,4,5);2*1H3,(H,3,4);3-4H,1-2H2. The molecule has 0 aromatic carbocycles. The Morgan fingerprint density at radius 2 is 1.06 bits per heavy atom. The van der Waals surface area contributed by atoms with E-state index in [9.17, 15) is 4.79 Å². The molecule has 0 heterocycles. The maximum absolute atomic E-state index is 9.25. The van der Waals surface area contributed by atoms with Gasteiger partial charge in [0.25, 0.3) is 11.9 Å². The lowest BCUT2D eigenvalue weighted by atomic mass is 10.7. The second-order valence-corrected chi connectivity index (χ2v) is 2.03. The first-order valence-electron chi connectivity index (χ1n) is 4.11. The van der Waals surface area contributed by atoms with Crippen molar-refractivity contribution in [3.05, 3.63) is 12.7 Å². The number of aliphatic hydroxyl groups is 2. The van der Waals surface area contributed by atoms with E-state index in [1.165, 1.54) is 0 Å². The molecule has 0 saturated carbocycles. The molecule has 0 fully saturated rings. The predicted molar refractivity (Wildman–Crippen MR) is 58.6 cm³/mol. The molecule has 0 unspecified atom stereocenters. The maximum atomic E-state index is 9.25. The second kappa shape index (κ2) is 23.7. The summed E-state index contributed by atoms with van der Waals surface area (Å²) in [5.41, 5.74) is 0. The van der Waals surface area contributed by atoms with Crippen molar-refractivity contribution in [3.8, 4) is 0 Å². The van der Waals surface area contributed by atoms with Gasteiger partial charge in [-0.1, -0.05) is 6.58 Å². The lowest BCUT2D eigenvalue weighted by Crippen LogP contribution is -1.85. The van der Waals surface area contributed by atoms with E-state index in [4.69, 9.17) is 35.1 Å². The van der Waals surface area contributed by atoms with Crippen LogP contribution in [0.15, 0.2) is 12.7 Å². The van der Waals surface area contributed by atoms with Crippen molar-refractivity contribution in [2.24, 2.45) is 0 Å². The molecule has 8 nitrogen and oxygen atoms in total. The molecule has 102 valence electrons. The lowest BCUT2D eigenvalue weighted by Gasteiger charge is -1.70. The van der Waals surface area contributed by atoms with Crippen LogP contribution in [0.1, 0.15) is 13.8 Å². The van der Waals surface area contributed by atoms with Gasteiger partial charge in [-0.25, -0.2) is 4.79 Å². The fourth-order valence-corrected chi connectivity index (χ4v) is 0. The van der Waals surface area contributed by atoms with E-state index in [1.54, 1.807) is 0 Å². The van der Waals surface area contributed by atoms with Crippen molar-refractivity contribution in [1.82, 2.24) is 0 Å². The minimum Gasteiger partial charge on any atom is -0.481 e. The van der Waals surface area contributed by atoms with E-state index >= 15 is 0 Å². The van der Waals surface area contributed by atoms with Gasteiger partial charge >= 0.3 is 5.97 Å². The molecule has 0 rings (SSSR count). The summed E-state index contributed by atoms with van der Waals surface area (Å²) in [7, 11) is 0. The van der Waals surface area contributed by atoms with Crippen LogP contribution in [0, 0.1) is 0 Å². The van der Waals surface area contributed by atoms with Gasteiger partial charge in [-0.3, -0.25) is 9.59 Å². The van der Waals surface area contributed by atoms with Crippen molar-refractivity contribution in [1.29, 1.82) is 0 Å².